The van der Waals surface area contributed by atoms with E-state index in [2.05, 4.69) is 21.2 Å². The zero-order chi connectivity index (χ0) is 14.2. The van der Waals surface area contributed by atoms with Crippen LogP contribution in [0.25, 0.3) is 0 Å². The van der Waals surface area contributed by atoms with Gasteiger partial charge in [0.15, 0.2) is 0 Å². The van der Waals surface area contributed by atoms with Gasteiger partial charge in [-0.3, -0.25) is 4.79 Å². The van der Waals surface area contributed by atoms with Crippen LogP contribution < -0.4 is 10.1 Å². The number of hydrogen-bond donors (Lipinski definition) is 1. The zero-order valence-corrected chi connectivity index (χ0v) is 12.6. The van der Waals surface area contributed by atoms with E-state index in [0.29, 0.717) is 13.0 Å². The number of hydrogen-bond acceptors (Lipinski definition) is 2. The third-order valence-corrected chi connectivity index (χ3v) is 3.35. The van der Waals surface area contributed by atoms with Crippen molar-refractivity contribution in [3.63, 3.8) is 0 Å². The van der Waals surface area contributed by atoms with Crippen LogP contribution in [0.15, 0.2) is 54.6 Å². The van der Waals surface area contributed by atoms with Crippen LogP contribution in [0.2, 0.25) is 0 Å². The van der Waals surface area contributed by atoms with Gasteiger partial charge in [-0.2, -0.15) is 0 Å². The molecule has 0 heterocycles. The Morgan fingerprint density at radius 1 is 1.10 bits per heavy atom. The summed E-state index contributed by atoms with van der Waals surface area (Å²) in [5.41, 5.74) is 1.94. The molecule has 0 aromatic heterocycles. The van der Waals surface area contributed by atoms with E-state index in [0.717, 1.165) is 22.3 Å². The molecule has 4 heteroatoms. The molecule has 0 aliphatic carbocycles. The molecular weight excluding hydrogens is 318 g/mol. The summed E-state index contributed by atoms with van der Waals surface area (Å²) in [5, 5.41) is 3.63. The number of rotatable bonds is 6. The number of carbonyl (C=O) groups is 1. The van der Waals surface area contributed by atoms with E-state index < -0.39 is 0 Å². The van der Waals surface area contributed by atoms with E-state index >= 15 is 0 Å². The van der Waals surface area contributed by atoms with E-state index in [9.17, 15) is 4.79 Å². The van der Waals surface area contributed by atoms with Gasteiger partial charge in [-0.1, -0.05) is 46.3 Å². The number of alkyl halides is 1. The number of benzene rings is 2. The first-order valence-corrected chi connectivity index (χ1v) is 7.52. The maximum atomic E-state index is 11.8. The molecule has 2 rings (SSSR count). The Balaban J connectivity index is 1.77. The van der Waals surface area contributed by atoms with Crippen LogP contribution in [-0.2, 0) is 10.1 Å². The molecule has 0 aliphatic rings. The van der Waals surface area contributed by atoms with Gasteiger partial charge in [0.25, 0.3) is 0 Å². The highest BCUT2D eigenvalue weighted by molar-refractivity contribution is 9.08. The third kappa shape index (κ3) is 4.70. The van der Waals surface area contributed by atoms with Gasteiger partial charge in [-0.05, 0) is 29.8 Å². The molecule has 0 atom stereocenters. The van der Waals surface area contributed by atoms with Crippen LogP contribution in [0.1, 0.15) is 12.0 Å². The van der Waals surface area contributed by atoms with Gasteiger partial charge >= 0.3 is 0 Å². The molecule has 0 bridgehead atoms. The summed E-state index contributed by atoms with van der Waals surface area (Å²) in [5.74, 6) is 0.731. The number of anilines is 1. The molecule has 2 aromatic carbocycles. The maximum absolute atomic E-state index is 11.8. The van der Waals surface area contributed by atoms with Crippen molar-refractivity contribution in [1.82, 2.24) is 0 Å². The summed E-state index contributed by atoms with van der Waals surface area (Å²) in [7, 11) is 0. The molecule has 0 saturated carbocycles. The third-order valence-electron chi connectivity index (χ3n) is 2.71. The fourth-order valence-corrected chi connectivity index (χ4v) is 2.08. The zero-order valence-electron chi connectivity index (χ0n) is 11.0. The molecular formula is C16H16BrNO2. The summed E-state index contributed by atoms with van der Waals surface area (Å²) in [4.78, 5) is 11.8. The van der Waals surface area contributed by atoms with E-state index in [4.69, 9.17) is 4.74 Å². The molecule has 0 fully saturated rings. The minimum absolute atomic E-state index is 0.0485. The van der Waals surface area contributed by atoms with Gasteiger partial charge in [-0.25, -0.2) is 0 Å². The Morgan fingerprint density at radius 3 is 2.65 bits per heavy atom. The van der Waals surface area contributed by atoms with Gasteiger partial charge in [0.1, 0.15) is 5.75 Å². The summed E-state index contributed by atoms with van der Waals surface area (Å²) in [6.07, 6.45) is 0.327. The summed E-state index contributed by atoms with van der Waals surface area (Å²) in [6, 6.07) is 17.2. The van der Waals surface area contributed by atoms with Crippen molar-refractivity contribution in [2.24, 2.45) is 0 Å². The molecule has 2 aromatic rings. The van der Waals surface area contributed by atoms with Crippen LogP contribution >= 0.6 is 15.9 Å². The van der Waals surface area contributed by atoms with Crippen LogP contribution in [0.4, 0.5) is 5.69 Å². The number of nitrogens with one attached hydrogen (secondary N) is 1. The molecule has 1 amide bonds. The normalized spacial score (nSPS) is 10.1. The van der Waals surface area contributed by atoms with Crippen molar-refractivity contribution in [1.29, 1.82) is 0 Å². The molecule has 3 nitrogen and oxygen atoms in total. The summed E-state index contributed by atoms with van der Waals surface area (Å²) in [6.45, 7) is 0.369. The number of para-hydroxylation sites is 1. The monoisotopic (exact) mass is 333 g/mol. The van der Waals surface area contributed by atoms with Gasteiger partial charge in [0, 0.05) is 11.0 Å². The number of ether oxygens (including phenoxy) is 1. The standard InChI is InChI=1S/C16H16BrNO2/c17-12-13-5-4-6-14(11-13)18-16(19)9-10-20-15-7-2-1-3-8-15/h1-8,11H,9-10,12H2,(H,18,19). The molecule has 0 saturated heterocycles. The highest BCUT2D eigenvalue weighted by atomic mass is 79.9. The second kappa shape index (κ2) is 7.70. The quantitative estimate of drug-likeness (QED) is 0.811. The minimum Gasteiger partial charge on any atom is -0.493 e. The van der Waals surface area contributed by atoms with Gasteiger partial charge in [-0.15, -0.1) is 0 Å². The first-order chi connectivity index (χ1) is 9.78. The maximum Gasteiger partial charge on any atom is 0.227 e. The number of carbonyl (C=O) groups excluding carboxylic acids is 1. The van der Waals surface area contributed by atoms with Gasteiger partial charge in [0.05, 0.1) is 13.0 Å². The molecule has 0 unspecified atom stereocenters. The Labute approximate surface area is 127 Å². The molecule has 0 aliphatic heterocycles. The van der Waals surface area contributed by atoms with Crippen LogP contribution in [0.3, 0.4) is 0 Å². The lowest BCUT2D eigenvalue weighted by atomic mass is 10.2. The van der Waals surface area contributed by atoms with Crippen molar-refractivity contribution < 1.29 is 9.53 Å². The Hall–Kier alpha value is -1.81. The van der Waals surface area contributed by atoms with Crippen LogP contribution in [0.5, 0.6) is 5.75 Å². The Morgan fingerprint density at radius 2 is 1.90 bits per heavy atom. The smallest absolute Gasteiger partial charge is 0.227 e. The Bertz CT molecular complexity index is 557. The lowest BCUT2D eigenvalue weighted by Crippen LogP contribution is -2.15. The second-order valence-electron chi connectivity index (χ2n) is 4.29. The average molecular weight is 334 g/mol. The second-order valence-corrected chi connectivity index (χ2v) is 4.85. The fraction of sp³-hybridized carbons (Fsp3) is 0.188. The average Bonchev–Trinajstić information content (AvgIpc) is 2.48. The van der Waals surface area contributed by atoms with Crippen molar-refractivity contribution >= 4 is 27.5 Å². The SMILES string of the molecule is O=C(CCOc1ccccc1)Nc1cccc(CBr)c1. The summed E-state index contributed by atoms with van der Waals surface area (Å²) < 4.78 is 5.49. The van der Waals surface area contributed by atoms with Crippen molar-refractivity contribution in [3.8, 4) is 5.75 Å². The Kier molecular flexibility index (Phi) is 5.62. The minimum atomic E-state index is -0.0485. The molecule has 104 valence electrons. The van der Waals surface area contributed by atoms with Gasteiger partial charge < -0.3 is 10.1 Å². The number of halogens is 1. The predicted molar refractivity (Wildman–Crippen MR) is 84.3 cm³/mol. The van der Waals surface area contributed by atoms with E-state index in [1.165, 1.54) is 0 Å². The molecule has 0 radical (unpaired) electrons. The highest BCUT2D eigenvalue weighted by Gasteiger charge is 2.03. The highest BCUT2D eigenvalue weighted by Crippen LogP contribution is 2.13. The van der Waals surface area contributed by atoms with E-state index in [1.54, 1.807) is 0 Å². The molecule has 1 N–H and O–H groups in total. The molecule has 0 spiro atoms. The predicted octanol–water partition coefficient (Wildman–Crippen LogP) is 3.99. The first kappa shape index (κ1) is 14.6. The van der Waals surface area contributed by atoms with E-state index in [1.807, 2.05) is 54.6 Å². The van der Waals surface area contributed by atoms with Gasteiger partial charge in [0.2, 0.25) is 5.91 Å². The fourth-order valence-electron chi connectivity index (χ4n) is 1.73. The lowest BCUT2D eigenvalue weighted by molar-refractivity contribution is -0.116. The van der Waals surface area contributed by atoms with Crippen molar-refractivity contribution in [2.75, 3.05) is 11.9 Å². The number of amides is 1. The lowest BCUT2D eigenvalue weighted by Gasteiger charge is -2.08. The van der Waals surface area contributed by atoms with E-state index in [-0.39, 0.29) is 5.91 Å². The first-order valence-electron chi connectivity index (χ1n) is 6.40. The largest absolute Gasteiger partial charge is 0.493 e. The topological polar surface area (TPSA) is 38.3 Å². The van der Waals surface area contributed by atoms with Crippen molar-refractivity contribution in [2.45, 2.75) is 11.8 Å². The van der Waals surface area contributed by atoms with Crippen molar-refractivity contribution in [3.05, 3.63) is 60.2 Å². The summed E-state index contributed by atoms with van der Waals surface area (Å²) >= 11 is 3.39. The van der Waals surface area contributed by atoms with Crippen LogP contribution in [-0.4, -0.2) is 12.5 Å². The van der Waals surface area contributed by atoms with Crippen LogP contribution in [0, 0.1) is 0 Å². The molecule has 20 heavy (non-hydrogen) atoms.